The van der Waals surface area contributed by atoms with Gasteiger partial charge in [-0.2, -0.15) is 154 Å². The fourth-order valence-corrected chi connectivity index (χ4v) is 5.12. The summed E-state index contributed by atoms with van der Waals surface area (Å²) in [7, 11) is 0. The minimum atomic E-state index is -12.3. The zero-order valence-electron chi connectivity index (χ0n) is 23.1. The van der Waals surface area contributed by atoms with Crippen LogP contribution in [-0.2, 0) is 0 Å². The van der Waals surface area contributed by atoms with Gasteiger partial charge in [-0.05, 0) is 0 Å². The highest BCUT2D eigenvalue weighted by atomic mass is 19.4. The van der Waals surface area contributed by atoms with Gasteiger partial charge in [0.25, 0.3) is 11.1 Å². The summed E-state index contributed by atoms with van der Waals surface area (Å²) in [5.41, 5.74) is -24.6. The molecule has 0 N–H and O–H groups in total. The summed E-state index contributed by atoms with van der Waals surface area (Å²) in [6.45, 7) is 0. The van der Waals surface area contributed by atoms with Gasteiger partial charge in [-0.25, -0.2) is 4.39 Å². The van der Waals surface area contributed by atoms with Gasteiger partial charge in [-0.15, -0.1) is 0 Å². The van der Waals surface area contributed by atoms with E-state index in [4.69, 9.17) is 0 Å². The van der Waals surface area contributed by atoms with Crippen LogP contribution in [0.4, 0.5) is 158 Å². The Labute approximate surface area is 271 Å². The second kappa shape index (κ2) is 10.6. The van der Waals surface area contributed by atoms with Crippen molar-refractivity contribution in [3.63, 3.8) is 0 Å². The highest BCUT2D eigenvalue weighted by Gasteiger charge is 3.15. The molecule has 2 saturated carbocycles. The molecule has 0 unspecified atom stereocenters. The first-order valence-electron chi connectivity index (χ1n) is 11.8. The second-order valence-electron chi connectivity index (χ2n) is 11.1. The number of hydrogen-bond donors (Lipinski definition) is 0. The smallest absolute Gasteiger partial charge is 0.228 e. The Bertz CT molecular complexity index is 1430. The lowest BCUT2D eigenvalue weighted by atomic mass is 9.53. The minimum absolute atomic E-state index is 10.0. The summed E-state index contributed by atoms with van der Waals surface area (Å²) in [4.78, 5) is 0. The maximum absolute atomic E-state index is 16.2. The molecule has 0 aromatic heterocycles. The van der Waals surface area contributed by atoms with Crippen molar-refractivity contribution in [2.75, 3.05) is 0 Å². The van der Waals surface area contributed by atoms with E-state index in [0.29, 0.717) is 0 Å². The summed E-state index contributed by atoms with van der Waals surface area (Å²) < 4.78 is 519. The van der Waals surface area contributed by atoms with E-state index in [1.165, 1.54) is 0 Å². The van der Waals surface area contributed by atoms with Crippen molar-refractivity contribution in [1.82, 2.24) is 0 Å². The molecule has 2 aliphatic rings. The number of halogens is 36. The zero-order valence-corrected chi connectivity index (χ0v) is 23.1. The molecule has 0 radical (unpaired) electrons. The Morgan fingerprint density at radius 2 is 0.273 bits per heavy atom. The molecule has 328 valence electrons. The van der Waals surface area contributed by atoms with E-state index < -0.39 is 112 Å². The lowest BCUT2D eigenvalue weighted by molar-refractivity contribution is -0.536. The van der Waals surface area contributed by atoms with Gasteiger partial charge < -0.3 is 0 Å². The lowest BCUT2D eigenvalue weighted by Crippen LogP contribution is -2.91. The average molecular weight is 912 g/mol. The minimum Gasteiger partial charge on any atom is -0.228 e. The van der Waals surface area contributed by atoms with E-state index in [1.54, 1.807) is 0 Å². The molecule has 0 atom stereocenters. The third-order valence-corrected chi connectivity index (χ3v) is 8.27. The van der Waals surface area contributed by atoms with Crippen molar-refractivity contribution in [2.45, 2.75) is 107 Å². The molecular formula is C19F36. The Balaban J connectivity index is 4.01. The number of alkyl halides is 36. The van der Waals surface area contributed by atoms with Crippen molar-refractivity contribution < 1.29 is 158 Å². The van der Waals surface area contributed by atoms with Gasteiger partial charge in [-0.1, -0.05) is 0 Å². The number of rotatable bonds is 1. The van der Waals surface area contributed by atoms with Crippen LogP contribution < -0.4 is 0 Å². The van der Waals surface area contributed by atoms with Crippen molar-refractivity contribution >= 4 is 0 Å². The monoisotopic (exact) mass is 912 g/mol. The molecule has 2 fully saturated rings. The van der Waals surface area contributed by atoms with Crippen molar-refractivity contribution in [1.29, 1.82) is 0 Å². The first-order chi connectivity index (χ1) is 23.0. The average Bonchev–Trinajstić information content (AvgIpc) is 2.93. The van der Waals surface area contributed by atoms with E-state index in [2.05, 4.69) is 0 Å². The molecule has 0 bridgehead atoms. The van der Waals surface area contributed by atoms with Crippen LogP contribution in [0.3, 0.4) is 0 Å². The first kappa shape index (κ1) is 48.6. The van der Waals surface area contributed by atoms with Crippen molar-refractivity contribution in [3.05, 3.63) is 0 Å². The molecular weight excluding hydrogens is 912 g/mol. The van der Waals surface area contributed by atoms with Crippen LogP contribution in [0.15, 0.2) is 0 Å². The molecule has 0 saturated heterocycles. The van der Waals surface area contributed by atoms with Crippen LogP contribution in [0.1, 0.15) is 0 Å². The van der Waals surface area contributed by atoms with Crippen LogP contribution in [0.5, 0.6) is 0 Å². The molecule has 55 heavy (non-hydrogen) atoms. The lowest BCUT2D eigenvalue weighted by Gasteiger charge is -2.59. The summed E-state index contributed by atoms with van der Waals surface area (Å²) in [6, 6.07) is 0. The Morgan fingerprint density at radius 3 is 0.400 bits per heavy atom. The highest BCUT2D eigenvalue weighted by Crippen LogP contribution is 2.83. The van der Waals surface area contributed by atoms with Crippen molar-refractivity contribution in [3.8, 4) is 0 Å². The van der Waals surface area contributed by atoms with Crippen LogP contribution in [0.2, 0.25) is 0 Å². The maximum atomic E-state index is 16.2. The summed E-state index contributed by atoms with van der Waals surface area (Å²) in [5.74, 6) is -172. The summed E-state index contributed by atoms with van der Waals surface area (Å²) in [6.07, 6.45) is -11.1. The van der Waals surface area contributed by atoms with Crippen LogP contribution in [-0.4, -0.2) is 107 Å². The van der Waals surface area contributed by atoms with Gasteiger partial charge >= 0.3 is 101 Å². The first-order valence-corrected chi connectivity index (χ1v) is 11.8. The second-order valence-corrected chi connectivity index (χ2v) is 11.1. The van der Waals surface area contributed by atoms with Gasteiger partial charge in [0.1, 0.15) is 0 Å². The highest BCUT2D eigenvalue weighted by molar-refractivity contribution is 5.38. The SMILES string of the molecule is FC(F)(F)C1(C2(F)C(F)(F)C(F)(F)C(F)(F)C(F)(F)C(F)(F)C(F)(F)C(F)(F)C2(F)F)C(F)(F)C(F)(F)C(F)(F)C(F)(F)C(F)(F)C(F)(F)C(F)(F)C1(F)F. The van der Waals surface area contributed by atoms with Gasteiger partial charge in [0, 0.05) is 0 Å². The normalized spacial score (nSPS) is 34.3. The molecule has 0 amide bonds. The van der Waals surface area contributed by atoms with E-state index in [9.17, 15) is 119 Å². The molecule has 0 aromatic rings. The molecule has 0 heterocycles. The fourth-order valence-electron chi connectivity index (χ4n) is 5.12. The predicted octanol–water partition coefficient (Wildman–Crippen LogP) is 11.4. The van der Waals surface area contributed by atoms with E-state index in [0.717, 1.165) is 0 Å². The van der Waals surface area contributed by atoms with Crippen LogP contribution >= 0.6 is 0 Å². The molecule has 0 aromatic carbocycles. The van der Waals surface area contributed by atoms with Gasteiger partial charge in [0.05, 0.1) is 0 Å². The number of hydrogen-bond acceptors (Lipinski definition) is 0. The molecule has 0 aliphatic heterocycles. The van der Waals surface area contributed by atoms with E-state index in [-0.39, 0.29) is 0 Å². The Hall–Kier alpha value is -2.52. The van der Waals surface area contributed by atoms with Crippen LogP contribution in [0.25, 0.3) is 0 Å². The van der Waals surface area contributed by atoms with Crippen LogP contribution in [0, 0.1) is 5.41 Å². The molecule has 2 rings (SSSR count). The molecule has 0 nitrogen and oxygen atoms in total. The van der Waals surface area contributed by atoms with E-state index >= 15 is 39.5 Å². The van der Waals surface area contributed by atoms with Crippen molar-refractivity contribution in [2.24, 2.45) is 5.41 Å². The van der Waals surface area contributed by atoms with Gasteiger partial charge in [0.2, 0.25) is 0 Å². The standard InChI is InChI=1S/C19F36/c20-2(5(25,26)9(33,34)13(41,42)17(49,50)18(51,52)14(43,44)10(35,36)6(2,27)28)1(19(53,54)55)3(21,22)7(29,30)11(37,38)15(45,46)16(47,48)12(39,40)8(31,32)4(1,23)24. The zero-order chi connectivity index (χ0) is 45.5. The van der Waals surface area contributed by atoms with E-state index in [1.807, 2.05) is 0 Å². The van der Waals surface area contributed by atoms with Gasteiger partial charge in [-0.3, -0.25) is 0 Å². The third-order valence-electron chi connectivity index (χ3n) is 8.27. The molecule has 36 heteroatoms. The third kappa shape index (κ3) is 4.00. The maximum Gasteiger partial charge on any atom is 0.410 e. The van der Waals surface area contributed by atoms with Gasteiger partial charge in [0.15, 0.2) is 0 Å². The summed E-state index contributed by atoms with van der Waals surface area (Å²) in [5, 5.41) is 0. The fraction of sp³-hybridized carbons (Fsp3) is 1.00. The Kier molecular flexibility index (Phi) is 9.33. The largest absolute Gasteiger partial charge is 0.410 e. The Morgan fingerprint density at radius 1 is 0.164 bits per heavy atom. The topological polar surface area (TPSA) is 0 Å². The predicted molar refractivity (Wildman–Crippen MR) is 91.5 cm³/mol. The quantitative estimate of drug-likeness (QED) is 0.230. The molecule has 2 aliphatic carbocycles. The molecule has 0 spiro atoms. The summed E-state index contributed by atoms with van der Waals surface area (Å²) >= 11 is 0.